The fraction of sp³-hybridized carbons (Fsp3) is 0.333. The summed E-state index contributed by atoms with van der Waals surface area (Å²) in [7, 11) is 0. The van der Waals surface area contributed by atoms with Crippen molar-refractivity contribution in [3.05, 3.63) is 11.9 Å². The Morgan fingerprint density at radius 1 is 1.83 bits per heavy atom. The molecule has 1 rings (SSSR count). The maximum atomic E-state index is 9.24. The molecule has 68 valence electrons. The first-order chi connectivity index (χ1) is 5.56. The highest BCUT2D eigenvalue weighted by Crippen LogP contribution is 1.92. The average Bonchev–Trinajstić information content (AvgIpc) is 2.36. The largest absolute Gasteiger partial charge is 0.480 e. The fourth-order valence-electron chi connectivity index (χ4n) is 0.433. The van der Waals surface area contributed by atoms with Gasteiger partial charge in [-0.15, -0.1) is 0 Å². The number of aromatic nitrogens is 2. The van der Waals surface area contributed by atoms with Crippen LogP contribution in [0, 0.1) is 6.92 Å². The van der Waals surface area contributed by atoms with E-state index in [1.807, 2.05) is 6.92 Å². The molecule has 0 bridgehead atoms. The molecule has 0 saturated heterocycles. The number of carboxylic acid groups (broad SMARTS) is 1. The standard InChI is InChI=1S/C4H7N3.C2H5NO2/c1-3-2-6-4(5)7-3;3-1-2(4)5/h2H,1H3,(H3,5,6,7);1,3H2,(H,4,5). The number of aliphatic carboxylic acids is 1. The van der Waals surface area contributed by atoms with Crippen LogP contribution in [-0.2, 0) is 4.79 Å². The number of imidazole rings is 1. The number of hydrogen-bond acceptors (Lipinski definition) is 4. The van der Waals surface area contributed by atoms with E-state index in [0.29, 0.717) is 5.95 Å². The Hall–Kier alpha value is -1.56. The molecule has 0 saturated carbocycles. The van der Waals surface area contributed by atoms with Crippen molar-refractivity contribution >= 4 is 11.9 Å². The van der Waals surface area contributed by atoms with Crippen LogP contribution in [0.25, 0.3) is 0 Å². The third-order valence-electron chi connectivity index (χ3n) is 0.897. The van der Waals surface area contributed by atoms with E-state index in [0.717, 1.165) is 5.69 Å². The summed E-state index contributed by atoms with van der Waals surface area (Å²) in [4.78, 5) is 15.8. The van der Waals surface area contributed by atoms with Crippen LogP contribution in [0.1, 0.15) is 5.69 Å². The van der Waals surface area contributed by atoms with Gasteiger partial charge in [-0.1, -0.05) is 0 Å². The van der Waals surface area contributed by atoms with E-state index < -0.39 is 5.97 Å². The van der Waals surface area contributed by atoms with Gasteiger partial charge in [-0.3, -0.25) is 4.79 Å². The Labute approximate surface area is 69.6 Å². The number of H-pyrrole nitrogens is 1. The number of aryl methyl sites for hydroxylation is 1. The number of nitrogens with zero attached hydrogens (tertiary/aromatic N) is 1. The highest BCUT2D eigenvalue weighted by molar-refractivity contribution is 5.68. The van der Waals surface area contributed by atoms with Crippen molar-refractivity contribution in [3.63, 3.8) is 0 Å². The van der Waals surface area contributed by atoms with Crippen molar-refractivity contribution in [3.8, 4) is 0 Å². The van der Waals surface area contributed by atoms with Gasteiger partial charge in [0.1, 0.15) is 0 Å². The maximum Gasteiger partial charge on any atom is 0.317 e. The van der Waals surface area contributed by atoms with Crippen LogP contribution in [0.5, 0.6) is 0 Å². The monoisotopic (exact) mass is 172 g/mol. The molecule has 0 aliphatic carbocycles. The molecule has 6 heteroatoms. The summed E-state index contributed by atoms with van der Waals surface area (Å²) >= 11 is 0. The number of nitrogens with one attached hydrogen (secondary N) is 1. The molecule has 0 aliphatic rings. The summed E-state index contributed by atoms with van der Waals surface area (Å²) in [6, 6.07) is 0. The molecule has 6 N–H and O–H groups in total. The molecule has 1 heterocycles. The molecular weight excluding hydrogens is 160 g/mol. The van der Waals surface area contributed by atoms with Crippen molar-refractivity contribution in [1.29, 1.82) is 0 Å². The predicted molar refractivity (Wildman–Crippen MR) is 44.4 cm³/mol. The molecule has 0 unspecified atom stereocenters. The van der Waals surface area contributed by atoms with Crippen molar-refractivity contribution in [2.45, 2.75) is 6.92 Å². The minimum absolute atomic E-state index is 0.278. The number of carbonyl (C=O) groups is 1. The molecule has 1 aromatic rings. The molecule has 0 aliphatic heterocycles. The van der Waals surface area contributed by atoms with Crippen LogP contribution in [0.15, 0.2) is 6.20 Å². The number of carboxylic acids is 1. The normalized spacial score (nSPS) is 8.50. The summed E-state index contributed by atoms with van der Waals surface area (Å²) in [6.07, 6.45) is 1.69. The van der Waals surface area contributed by atoms with Crippen molar-refractivity contribution < 1.29 is 9.90 Å². The Morgan fingerprint density at radius 3 is 2.42 bits per heavy atom. The van der Waals surface area contributed by atoms with Gasteiger partial charge in [0.05, 0.1) is 6.54 Å². The molecule has 0 spiro atoms. The second-order valence-corrected chi connectivity index (χ2v) is 2.05. The quantitative estimate of drug-likeness (QED) is 0.448. The molecule has 0 atom stereocenters. The van der Waals surface area contributed by atoms with E-state index >= 15 is 0 Å². The van der Waals surface area contributed by atoms with Crippen molar-refractivity contribution in [2.75, 3.05) is 12.3 Å². The topological polar surface area (TPSA) is 118 Å². The third-order valence-corrected chi connectivity index (χ3v) is 0.897. The summed E-state index contributed by atoms with van der Waals surface area (Å²) in [5.74, 6) is -0.484. The second kappa shape index (κ2) is 5.14. The minimum atomic E-state index is -0.968. The Balaban J connectivity index is 0.000000217. The van der Waals surface area contributed by atoms with Crippen LogP contribution in [0.3, 0.4) is 0 Å². The van der Waals surface area contributed by atoms with Crippen LogP contribution in [0.2, 0.25) is 0 Å². The predicted octanol–water partition coefficient (Wildman–Crippen LogP) is -0.670. The maximum absolute atomic E-state index is 9.24. The Kier molecular flexibility index (Phi) is 4.47. The van der Waals surface area contributed by atoms with E-state index in [1.54, 1.807) is 6.20 Å². The molecule has 0 aromatic carbocycles. The molecular formula is C6H12N4O2. The van der Waals surface area contributed by atoms with E-state index in [4.69, 9.17) is 10.8 Å². The SMILES string of the molecule is Cc1cnc(N)[nH]1.NCC(=O)O. The highest BCUT2D eigenvalue weighted by Gasteiger charge is 1.84. The van der Waals surface area contributed by atoms with Gasteiger partial charge in [0.2, 0.25) is 0 Å². The lowest BCUT2D eigenvalue weighted by molar-refractivity contribution is -0.135. The molecule has 0 radical (unpaired) electrons. The van der Waals surface area contributed by atoms with Gasteiger partial charge < -0.3 is 21.6 Å². The van der Waals surface area contributed by atoms with Crippen molar-refractivity contribution in [2.24, 2.45) is 5.73 Å². The first-order valence-electron chi connectivity index (χ1n) is 3.25. The lowest BCUT2D eigenvalue weighted by Gasteiger charge is -1.75. The zero-order valence-electron chi connectivity index (χ0n) is 6.74. The van der Waals surface area contributed by atoms with Gasteiger partial charge in [-0.2, -0.15) is 0 Å². The van der Waals surface area contributed by atoms with Gasteiger partial charge in [0.25, 0.3) is 0 Å². The fourth-order valence-corrected chi connectivity index (χ4v) is 0.433. The number of aromatic amines is 1. The van der Waals surface area contributed by atoms with E-state index in [1.165, 1.54) is 0 Å². The average molecular weight is 172 g/mol. The first-order valence-corrected chi connectivity index (χ1v) is 3.25. The van der Waals surface area contributed by atoms with Gasteiger partial charge in [0.15, 0.2) is 5.95 Å². The lowest BCUT2D eigenvalue weighted by atomic mass is 10.6. The minimum Gasteiger partial charge on any atom is -0.480 e. The molecule has 12 heavy (non-hydrogen) atoms. The zero-order valence-corrected chi connectivity index (χ0v) is 6.74. The van der Waals surface area contributed by atoms with Gasteiger partial charge in [-0.05, 0) is 6.92 Å². The third kappa shape index (κ3) is 5.24. The van der Waals surface area contributed by atoms with Gasteiger partial charge in [0, 0.05) is 11.9 Å². The molecule has 6 nitrogen and oxygen atoms in total. The number of rotatable bonds is 1. The van der Waals surface area contributed by atoms with E-state index in [2.05, 4.69) is 15.7 Å². The first kappa shape index (κ1) is 10.4. The molecule has 0 fully saturated rings. The van der Waals surface area contributed by atoms with Gasteiger partial charge >= 0.3 is 5.97 Å². The lowest BCUT2D eigenvalue weighted by Crippen LogP contribution is -2.10. The van der Waals surface area contributed by atoms with Crippen LogP contribution in [0.4, 0.5) is 5.95 Å². The molecule has 1 aromatic heterocycles. The smallest absolute Gasteiger partial charge is 0.317 e. The summed E-state index contributed by atoms with van der Waals surface area (Å²) in [5, 5.41) is 7.60. The highest BCUT2D eigenvalue weighted by atomic mass is 16.4. The summed E-state index contributed by atoms with van der Waals surface area (Å²) in [5.41, 5.74) is 10.8. The van der Waals surface area contributed by atoms with E-state index in [9.17, 15) is 4.79 Å². The summed E-state index contributed by atoms with van der Waals surface area (Å²) < 4.78 is 0. The molecule has 0 amide bonds. The van der Waals surface area contributed by atoms with Crippen LogP contribution < -0.4 is 11.5 Å². The van der Waals surface area contributed by atoms with Crippen LogP contribution in [-0.4, -0.2) is 27.6 Å². The van der Waals surface area contributed by atoms with Crippen LogP contribution >= 0.6 is 0 Å². The number of hydrogen-bond donors (Lipinski definition) is 4. The summed E-state index contributed by atoms with van der Waals surface area (Å²) in [6.45, 7) is 1.63. The number of anilines is 1. The second-order valence-electron chi connectivity index (χ2n) is 2.05. The van der Waals surface area contributed by atoms with Crippen molar-refractivity contribution in [1.82, 2.24) is 9.97 Å². The Morgan fingerprint density at radius 2 is 2.33 bits per heavy atom. The Bertz CT molecular complexity index is 229. The van der Waals surface area contributed by atoms with Gasteiger partial charge in [-0.25, -0.2) is 4.98 Å². The van der Waals surface area contributed by atoms with E-state index in [-0.39, 0.29) is 6.54 Å². The number of nitrogens with two attached hydrogens (primary N) is 2. The zero-order chi connectivity index (χ0) is 9.56. The number of nitrogen functional groups attached to an aromatic ring is 1.